The highest BCUT2D eigenvalue weighted by atomic mass is 19.4. The van der Waals surface area contributed by atoms with Crippen LogP contribution in [-0.2, 0) is 11.3 Å². The minimum Gasteiger partial charge on any atom is -0.406 e. The highest BCUT2D eigenvalue weighted by molar-refractivity contribution is 6.03. The number of carbonyl (C=O) groups is 2. The van der Waals surface area contributed by atoms with E-state index in [1.165, 1.54) is 16.8 Å². The van der Waals surface area contributed by atoms with E-state index in [4.69, 9.17) is 0 Å². The first-order valence-corrected chi connectivity index (χ1v) is 13.5. The average molecular weight is 581 g/mol. The van der Waals surface area contributed by atoms with Gasteiger partial charge in [0.1, 0.15) is 11.4 Å². The van der Waals surface area contributed by atoms with E-state index < -0.39 is 18.0 Å². The predicted octanol–water partition coefficient (Wildman–Crippen LogP) is 6.38. The molecule has 2 aromatic carbocycles. The molecule has 0 aliphatic heterocycles. The number of unbranched alkanes of at least 4 members (excludes halogenated alkanes) is 3. The molecule has 0 atom stereocenters. The van der Waals surface area contributed by atoms with E-state index in [9.17, 15) is 22.8 Å². The number of hydrogen-bond acceptors (Lipinski definition) is 6. The van der Waals surface area contributed by atoms with E-state index in [0.717, 1.165) is 48.9 Å². The largest absolute Gasteiger partial charge is 0.573 e. The van der Waals surface area contributed by atoms with Crippen LogP contribution in [0.5, 0.6) is 5.75 Å². The zero-order valence-corrected chi connectivity index (χ0v) is 23.2. The summed E-state index contributed by atoms with van der Waals surface area (Å²) in [5.74, 6) is -0.616. The summed E-state index contributed by atoms with van der Waals surface area (Å²) in [6.07, 6.45) is 1.35. The van der Waals surface area contributed by atoms with Crippen LogP contribution in [0.25, 0.3) is 17.2 Å². The number of ether oxygens (including phenoxy) is 1. The van der Waals surface area contributed by atoms with Crippen molar-refractivity contribution in [2.45, 2.75) is 58.9 Å². The fourth-order valence-electron chi connectivity index (χ4n) is 4.13. The molecular weight excluding hydrogens is 549 g/mol. The minimum atomic E-state index is -4.83. The second kappa shape index (κ2) is 13.7. The zero-order valence-electron chi connectivity index (χ0n) is 23.2. The summed E-state index contributed by atoms with van der Waals surface area (Å²) in [6, 6.07) is 15.4. The van der Waals surface area contributed by atoms with Crippen molar-refractivity contribution in [2.75, 3.05) is 5.32 Å². The Morgan fingerprint density at radius 3 is 2.38 bits per heavy atom. The second-order valence-corrected chi connectivity index (χ2v) is 9.62. The predicted molar refractivity (Wildman–Crippen MR) is 151 cm³/mol. The maximum absolute atomic E-state index is 13.1. The quantitative estimate of drug-likeness (QED) is 0.188. The summed E-state index contributed by atoms with van der Waals surface area (Å²) >= 11 is 0. The Bertz CT molecular complexity index is 1500. The highest BCUT2D eigenvalue weighted by Gasteiger charge is 2.31. The van der Waals surface area contributed by atoms with E-state index in [0.29, 0.717) is 29.9 Å². The van der Waals surface area contributed by atoms with Gasteiger partial charge in [-0.25, -0.2) is 0 Å². The normalized spacial score (nSPS) is 11.3. The molecule has 0 aliphatic carbocycles. The van der Waals surface area contributed by atoms with Crippen molar-refractivity contribution >= 4 is 17.8 Å². The molecule has 220 valence electrons. The van der Waals surface area contributed by atoms with Crippen molar-refractivity contribution in [3.63, 3.8) is 0 Å². The molecule has 12 heteroatoms. The van der Waals surface area contributed by atoms with Gasteiger partial charge in [0, 0.05) is 24.7 Å². The molecule has 2 amide bonds. The molecule has 0 bridgehead atoms. The summed E-state index contributed by atoms with van der Waals surface area (Å²) < 4.78 is 43.1. The number of aromatic nitrogens is 4. The van der Waals surface area contributed by atoms with E-state index >= 15 is 0 Å². The lowest BCUT2D eigenvalue weighted by Gasteiger charge is -2.11. The van der Waals surface area contributed by atoms with Crippen LogP contribution in [0, 0.1) is 6.92 Å². The molecule has 2 N–H and O–H groups in total. The molecule has 0 unspecified atom stereocenters. The molecule has 2 heterocycles. The molecule has 0 fully saturated rings. The average Bonchev–Trinajstić information content (AvgIpc) is 3.37. The molecule has 42 heavy (non-hydrogen) atoms. The van der Waals surface area contributed by atoms with Gasteiger partial charge in [0.15, 0.2) is 0 Å². The van der Waals surface area contributed by atoms with Gasteiger partial charge in [-0.2, -0.15) is 9.67 Å². The van der Waals surface area contributed by atoms with Gasteiger partial charge < -0.3 is 10.1 Å². The number of hydrogen-bond donors (Lipinski definition) is 2. The van der Waals surface area contributed by atoms with Gasteiger partial charge in [-0.3, -0.25) is 19.9 Å². The lowest BCUT2D eigenvalue weighted by molar-refractivity contribution is -0.274. The zero-order chi connectivity index (χ0) is 30.1. The van der Waals surface area contributed by atoms with Gasteiger partial charge in [-0.05, 0) is 66.9 Å². The van der Waals surface area contributed by atoms with E-state index in [1.54, 1.807) is 36.5 Å². The number of aryl methyl sites for hydroxylation is 1. The molecule has 9 nitrogen and oxygen atoms in total. The maximum Gasteiger partial charge on any atom is 0.573 e. The topological polar surface area (TPSA) is 111 Å². The number of anilines is 1. The second-order valence-electron chi connectivity index (χ2n) is 9.62. The molecule has 0 spiro atoms. The van der Waals surface area contributed by atoms with E-state index in [-0.39, 0.29) is 17.7 Å². The van der Waals surface area contributed by atoms with Crippen molar-refractivity contribution in [1.29, 1.82) is 0 Å². The molecule has 2 aromatic heterocycles. The van der Waals surface area contributed by atoms with Crippen molar-refractivity contribution < 1.29 is 27.5 Å². The molecule has 4 rings (SSSR count). The van der Waals surface area contributed by atoms with Crippen LogP contribution in [0.4, 0.5) is 19.1 Å². The number of rotatable bonds is 12. The first-order chi connectivity index (χ1) is 20.1. The third-order valence-electron chi connectivity index (χ3n) is 6.33. The standard InChI is InChI=1S/C30H31F3N6O3/c1-3-4-5-6-9-25(40)35-19-21-10-12-22(13-11-21)28(41)37-29-36-27(26-20(2)8-7-18-34-26)38-39(29)23-14-16-24(17-15-23)42-30(31,32)33/h7-8,10-18H,3-6,9,19H2,1-2H3,(H,35,40)(H,36,37,38,41). The van der Waals surface area contributed by atoms with Crippen LogP contribution >= 0.6 is 0 Å². The lowest BCUT2D eigenvalue weighted by atomic mass is 10.1. The first kappa shape index (κ1) is 30.2. The van der Waals surface area contributed by atoms with Gasteiger partial charge in [0.2, 0.25) is 17.7 Å². The fourth-order valence-corrected chi connectivity index (χ4v) is 4.13. The Labute approximate surface area is 241 Å². The molecule has 0 radical (unpaired) electrons. The van der Waals surface area contributed by atoms with Crippen molar-refractivity contribution in [2.24, 2.45) is 0 Å². The van der Waals surface area contributed by atoms with Crippen LogP contribution in [-0.4, -0.2) is 37.9 Å². The third kappa shape index (κ3) is 8.38. The summed E-state index contributed by atoms with van der Waals surface area (Å²) in [7, 11) is 0. The van der Waals surface area contributed by atoms with Crippen LogP contribution in [0.15, 0.2) is 66.9 Å². The van der Waals surface area contributed by atoms with Crippen molar-refractivity contribution in [3.8, 4) is 23.0 Å². The smallest absolute Gasteiger partial charge is 0.406 e. The number of amides is 2. The van der Waals surface area contributed by atoms with E-state index in [1.807, 2.05) is 13.0 Å². The number of nitrogens with zero attached hydrogens (tertiary/aromatic N) is 4. The van der Waals surface area contributed by atoms with Gasteiger partial charge in [-0.15, -0.1) is 18.3 Å². The summed E-state index contributed by atoms with van der Waals surface area (Å²) in [6.45, 7) is 4.30. The first-order valence-electron chi connectivity index (χ1n) is 13.5. The number of pyridine rings is 1. The van der Waals surface area contributed by atoms with Gasteiger partial charge in [0.25, 0.3) is 5.91 Å². The van der Waals surface area contributed by atoms with Gasteiger partial charge >= 0.3 is 6.36 Å². The molecule has 4 aromatic rings. The summed E-state index contributed by atoms with van der Waals surface area (Å²) in [4.78, 5) is 34.0. The Balaban J connectivity index is 1.50. The van der Waals surface area contributed by atoms with Crippen LogP contribution in [0.1, 0.15) is 60.5 Å². The summed E-state index contributed by atoms with van der Waals surface area (Å²) in [5.41, 5.74) is 2.80. The van der Waals surface area contributed by atoms with Gasteiger partial charge in [-0.1, -0.05) is 44.4 Å². The number of carbonyl (C=O) groups excluding carboxylic acids is 2. The van der Waals surface area contributed by atoms with Crippen LogP contribution < -0.4 is 15.4 Å². The van der Waals surface area contributed by atoms with Crippen molar-refractivity contribution in [1.82, 2.24) is 25.1 Å². The van der Waals surface area contributed by atoms with Crippen LogP contribution in [0.3, 0.4) is 0 Å². The van der Waals surface area contributed by atoms with E-state index in [2.05, 4.69) is 37.4 Å². The maximum atomic E-state index is 13.1. The Kier molecular flexibility index (Phi) is 9.89. The van der Waals surface area contributed by atoms with Crippen molar-refractivity contribution in [3.05, 3.63) is 83.6 Å². The lowest BCUT2D eigenvalue weighted by Crippen LogP contribution is -2.22. The fraction of sp³-hybridized carbons (Fsp3) is 0.300. The number of alkyl halides is 3. The molecule has 0 aliphatic rings. The summed E-state index contributed by atoms with van der Waals surface area (Å²) in [5, 5.41) is 10.1. The number of halogens is 3. The third-order valence-corrected chi connectivity index (χ3v) is 6.33. The molecular formula is C30H31F3N6O3. The molecule has 0 saturated heterocycles. The highest BCUT2D eigenvalue weighted by Crippen LogP contribution is 2.26. The molecule has 0 saturated carbocycles. The van der Waals surface area contributed by atoms with Gasteiger partial charge in [0.05, 0.1) is 5.69 Å². The number of benzene rings is 2. The Morgan fingerprint density at radius 1 is 0.976 bits per heavy atom. The number of nitrogens with one attached hydrogen (secondary N) is 2. The monoisotopic (exact) mass is 580 g/mol. The minimum absolute atomic E-state index is 0.00999. The Hall–Kier alpha value is -4.74. The SMILES string of the molecule is CCCCCCC(=O)NCc1ccc(C(=O)Nc2nc(-c3ncccc3C)nn2-c2ccc(OC(F)(F)F)cc2)cc1. The van der Waals surface area contributed by atoms with Crippen LogP contribution in [0.2, 0.25) is 0 Å². The Morgan fingerprint density at radius 2 is 1.71 bits per heavy atom.